The van der Waals surface area contributed by atoms with E-state index in [1.807, 2.05) is 41.8 Å². The van der Waals surface area contributed by atoms with Crippen LogP contribution in [0.2, 0.25) is 0 Å². The molecular weight excluding hydrogens is 429 g/mol. The Hall–Kier alpha value is -3.21. The van der Waals surface area contributed by atoms with Gasteiger partial charge in [0.1, 0.15) is 11.2 Å². The molecule has 2 aromatic heterocycles. The van der Waals surface area contributed by atoms with Crippen molar-refractivity contribution in [3.05, 3.63) is 84.9 Å². The van der Waals surface area contributed by atoms with Crippen LogP contribution in [0.1, 0.15) is 0 Å². The summed E-state index contributed by atoms with van der Waals surface area (Å²) in [5.74, 6) is 0.705. The van der Waals surface area contributed by atoms with E-state index in [1.54, 1.807) is 24.5 Å². The Bertz CT molecular complexity index is 1230. The summed E-state index contributed by atoms with van der Waals surface area (Å²) in [6.45, 7) is 0. The van der Waals surface area contributed by atoms with Crippen molar-refractivity contribution in [3.63, 3.8) is 0 Å². The van der Waals surface area contributed by atoms with E-state index in [4.69, 9.17) is 5.26 Å². The van der Waals surface area contributed by atoms with Crippen LogP contribution in [-0.4, -0.2) is 25.7 Å². The second-order valence-electron chi connectivity index (χ2n) is 6.73. The van der Waals surface area contributed by atoms with Gasteiger partial charge in [0.05, 0.1) is 16.5 Å². The second-order valence-corrected chi connectivity index (χ2v) is 9.18. The zero-order valence-electron chi connectivity index (χ0n) is 16.4. The van der Waals surface area contributed by atoms with Gasteiger partial charge in [-0.3, -0.25) is 9.19 Å². The number of nitrogens with zero attached hydrogens (tertiary/aromatic N) is 2. The molecule has 0 spiro atoms. The number of H-pyrrole nitrogens is 1. The highest BCUT2D eigenvalue weighted by molar-refractivity contribution is 8.04. The number of benzene rings is 2. The van der Waals surface area contributed by atoms with Gasteiger partial charge in [-0.1, -0.05) is 12.1 Å². The van der Waals surface area contributed by atoms with E-state index < -0.39 is 10.8 Å². The Morgan fingerprint density at radius 2 is 1.65 bits per heavy atom. The minimum atomic E-state index is -1.14. The zero-order valence-corrected chi connectivity index (χ0v) is 18.0. The Labute approximate surface area is 186 Å². The minimum Gasteiger partial charge on any atom is -0.354 e. The van der Waals surface area contributed by atoms with Gasteiger partial charge in [-0.15, -0.1) is 0 Å². The number of nitriles is 1. The molecule has 7 heteroatoms. The molecular formula is C24H18FN3OS2. The van der Waals surface area contributed by atoms with E-state index in [0.717, 1.165) is 50.3 Å². The average molecular weight is 448 g/mol. The number of halogens is 1. The molecule has 1 unspecified atom stereocenters. The molecule has 31 heavy (non-hydrogen) atoms. The molecule has 0 fully saturated rings. The van der Waals surface area contributed by atoms with Crippen LogP contribution in [0.4, 0.5) is 4.39 Å². The summed E-state index contributed by atoms with van der Waals surface area (Å²) in [5, 5.41) is 10.6. The van der Waals surface area contributed by atoms with Crippen LogP contribution in [0.15, 0.2) is 84.0 Å². The number of hydrogen-bond acceptors (Lipinski definition) is 4. The van der Waals surface area contributed by atoms with Crippen molar-refractivity contribution in [3.8, 4) is 39.0 Å². The van der Waals surface area contributed by atoms with Crippen LogP contribution < -0.4 is 0 Å². The molecule has 0 bridgehead atoms. The number of aromatic amines is 1. The van der Waals surface area contributed by atoms with Gasteiger partial charge in [0.15, 0.2) is 0 Å². The van der Waals surface area contributed by atoms with E-state index >= 15 is 0 Å². The molecule has 4 rings (SSSR count). The van der Waals surface area contributed by atoms with Crippen molar-refractivity contribution in [2.24, 2.45) is 0 Å². The molecule has 0 aliphatic carbocycles. The number of rotatable bonds is 7. The molecule has 1 N–H and O–H groups in total. The van der Waals surface area contributed by atoms with Gasteiger partial charge in [0, 0.05) is 40.1 Å². The van der Waals surface area contributed by atoms with Crippen LogP contribution >= 0.6 is 11.8 Å². The number of aromatic nitrogens is 2. The maximum absolute atomic E-state index is 13.4. The number of nitrogens with one attached hydrogen (secondary N) is 1. The summed E-state index contributed by atoms with van der Waals surface area (Å²) in [6, 6.07) is 19.9. The highest BCUT2D eigenvalue weighted by Crippen LogP contribution is 2.36. The first-order chi connectivity index (χ1) is 15.2. The van der Waals surface area contributed by atoms with Gasteiger partial charge < -0.3 is 4.98 Å². The van der Waals surface area contributed by atoms with Crippen molar-refractivity contribution in [1.29, 1.82) is 5.26 Å². The Balaban J connectivity index is 1.68. The number of thiocyanates is 1. The molecule has 4 nitrogen and oxygen atoms in total. The Morgan fingerprint density at radius 3 is 2.32 bits per heavy atom. The maximum atomic E-state index is 13.4. The summed E-state index contributed by atoms with van der Waals surface area (Å²) >= 11 is 1.11. The fraction of sp³-hybridized carbons (Fsp3) is 0.0833. The molecule has 0 amide bonds. The summed E-state index contributed by atoms with van der Waals surface area (Å²) in [5.41, 5.74) is 5.63. The molecule has 0 aliphatic heterocycles. The van der Waals surface area contributed by atoms with Gasteiger partial charge in [-0.2, -0.15) is 5.26 Å². The van der Waals surface area contributed by atoms with E-state index in [2.05, 4.69) is 16.0 Å². The Morgan fingerprint density at radius 1 is 0.968 bits per heavy atom. The predicted octanol–water partition coefficient (Wildman–Crippen LogP) is 5.87. The van der Waals surface area contributed by atoms with Crippen LogP contribution in [0.5, 0.6) is 0 Å². The van der Waals surface area contributed by atoms with Gasteiger partial charge in [0.2, 0.25) is 0 Å². The van der Waals surface area contributed by atoms with Crippen molar-refractivity contribution < 1.29 is 8.60 Å². The fourth-order valence-corrected chi connectivity index (χ4v) is 4.99. The fourth-order valence-electron chi connectivity index (χ4n) is 3.28. The minimum absolute atomic E-state index is 0.280. The first-order valence-corrected chi connectivity index (χ1v) is 11.8. The van der Waals surface area contributed by atoms with Gasteiger partial charge in [-0.05, 0) is 83.0 Å². The van der Waals surface area contributed by atoms with Crippen molar-refractivity contribution >= 4 is 22.6 Å². The van der Waals surface area contributed by atoms with E-state index in [9.17, 15) is 8.60 Å². The largest absolute Gasteiger partial charge is 0.354 e. The predicted molar refractivity (Wildman–Crippen MR) is 124 cm³/mol. The molecule has 0 radical (unpaired) electrons. The molecule has 0 saturated carbocycles. The quantitative estimate of drug-likeness (QED) is 0.284. The monoisotopic (exact) mass is 447 g/mol. The van der Waals surface area contributed by atoms with E-state index in [-0.39, 0.29) is 5.82 Å². The third-order valence-corrected chi connectivity index (χ3v) is 6.97. The second kappa shape index (κ2) is 9.73. The van der Waals surface area contributed by atoms with Gasteiger partial charge >= 0.3 is 0 Å². The van der Waals surface area contributed by atoms with Crippen LogP contribution in [0, 0.1) is 16.5 Å². The molecule has 154 valence electrons. The zero-order chi connectivity index (χ0) is 21.6. The Kier molecular flexibility index (Phi) is 6.60. The van der Waals surface area contributed by atoms with Crippen LogP contribution in [0.25, 0.3) is 33.6 Å². The normalized spacial score (nSPS) is 11.7. The molecule has 1 atom stereocenters. The molecule has 2 heterocycles. The molecule has 0 saturated heterocycles. The van der Waals surface area contributed by atoms with Crippen LogP contribution in [-0.2, 0) is 10.8 Å². The number of pyridine rings is 1. The number of hydrogen-bond donors (Lipinski definition) is 1. The summed E-state index contributed by atoms with van der Waals surface area (Å²) in [4.78, 5) is 8.30. The third-order valence-electron chi connectivity index (χ3n) is 4.81. The first-order valence-electron chi connectivity index (χ1n) is 9.55. The summed E-state index contributed by atoms with van der Waals surface area (Å²) < 4.78 is 25.8. The maximum Gasteiger partial charge on any atom is 0.133 e. The van der Waals surface area contributed by atoms with E-state index in [0.29, 0.717) is 11.5 Å². The van der Waals surface area contributed by atoms with Crippen molar-refractivity contribution in [2.45, 2.75) is 4.90 Å². The average Bonchev–Trinajstić information content (AvgIpc) is 3.26. The lowest BCUT2D eigenvalue weighted by Gasteiger charge is -2.05. The SMILES string of the molecule is N#CSCCS(=O)c1ccc(-c2cc(-c3ccncc3)c(-c3ccc(F)cc3)[nH]2)cc1. The van der Waals surface area contributed by atoms with Crippen molar-refractivity contribution in [2.75, 3.05) is 11.5 Å². The summed E-state index contributed by atoms with van der Waals surface area (Å²) in [7, 11) is -1.14. The molecule has 4 aromatic rings. The first kappa shape index (κ1) is 21.0. The summed E-state index contributed by atoms with van der Waals surface area (Å²) in [6.07, 6.45) is 3.48. The molecule has 0 aliphatic rings. The molecule has 2 aromatic carbocycles. The van der Waals surface area contributed by atoms with Crippen molar-refractivity contribution in [1.82, 2.24) is 9.97 Å². The number of thioether (sulfide) groups is 1. The third kappa shape index (κ3) is 4.93. The van der Waals surface area contributed by atoms with Gasteiger partial charge in [0.25, 0.3) is 0 Å². The van der Waals surface area contributed by atoms with Gasteiger partial charge in [-0.25, -0.2) is 4.39 Å². The standard InChI is InChI=1S/C24H18FN3OS2/c25-20-5-1-19(2-6-20)24-22(17-9-11-27-12-10-17)15-23(28-24)18-3-7-21(8-4-18)31(29)14-13-30-16-26/h1-12,15,28H,13-14H2. The smallest absolute Gasteiger partial charge is 0.133 e. The lowest BCUT2D eigenvalue weighted by atomic mass is 10.0. The van der Waals surface area contributed by atoms with E-state index in [1.165, 1.54) is 12.1 Å². The lowest BCUT2D eigenvalue weighted by molar-refractivity contribution is 0.628. The topological polar surface area (TPSA) is 69.5 Å². The highest BCUT2D eigenvalue weighted by atomic mass is 32.2. The highest BCUT2D eigenvalue weighted by Gasteiger charge is 2.14. The van der Waals surface area contributed by atoms with Crippen LogP contribution in [0.3, 0.4) is 0 Å². The lowest BCUT2D eigenvalue weighted by Crippen LogP contribution is -2.00.